The minimum Gasteiger partial charge on any atom is -0.497 e. The Morgan fingerprint density at radius 2 is 2.00 bits per heavy atom. The van der Waals surface area contributed by atoms with Crippen LogP contribution in [0.5, 0.6) is 17.4 Å². The van der Waals surface area contributed by atoms with Crippen molar-refractivity contribution in [2.45, 2.75) is 30.7 Å². The molecule has 0 radical (unpaired) electrons. The Balaban J connectivity index is 1.60. The minimum atomic E-state index is -0.381. The number of hydrogen-bond donors (Lipinski definition) is 1. The summed E-state index contributed by atoms with van der Waals surface area (Å²) in [6.07, 6.45) is 2.15. The Morgan fingerprint density at radius 1 is 1.14 bits per heavy atom. The molecule has 0 aliphatic carbocycles. The van der Waals surface area contributed by atoms with Crippen molar-refractivity contribution in [2.75, 3.05) is 7.11 Å². The average molecular weight is 510 g/mol. The standard InChI is InChI=1S/C26H21ClFN3O3S/c1-14-23-20(17(12-32)11-29-14)10-21-25(34-23)30-24(15-4-3-5-19(8-15)33-2)31-26(21)35-13-16-6-7-18(28)9-22(16)27/h3-9,11,32H,10,12-13H2,1-2H3. The number of fused-ring (bicyclic) bond motifs is 2. The molecular formula is C26H21ClFN3O3S. The largest absolute Gasteiger partial charge is 0.497 e. The Kier molecular flexibility index (Phi) is 6.60. The number of aryl methyl sites for hydroxylation is 1. The van der Waals surface area contributed by atoms with Crippen LogP contribution in [-0.4, -0.2) is 27.2 Å². The molecule has 0 saturated carbocycles. The number of nitrogens with zero attached hydrogens (tertiary/aromatic N) is 3. The van der Waals surface area contributed by atoms with Gasteiger partial charge >= 0.3 is 0 Å². The summed E-state index contributed by atoms with van der Waals surface area (Å²) in [6, 6.07) is 11.9. The van der Waals surface area contributed by atoms with Gasteiger partial charge in [-0.2, -0.15) is 4.98 Å². The zero-order valence-electron chi connectivity index (χ0n) is 19.0. The molecule has 2 aromatic carbocycles. The summed E-state index contributed by atoms with van der Waals surface area (Å²) in [6.45, 7) is 1.71. The number of hydrogen-bond acceptors (Lipinski definition) is 7. The molecule has 0 amide bonds. The average Bonchev–Trinajstić information content (AvgIpc) is 2.87. The lowest BCUT2D eigenvalue weighted by Crippen LogP contribution is -2.13. The quantitative estimate of drug-likeness (QED) is 0.218. The Hall–Kier alpha value is -3.20. The van der Waals surface area contributed by atoms with Gasteiger partial charge in [0.15, 0.2) is 11.6 Å². The number of pyridine rings is 1. The lowest BCUT2D eigenvalue weighted by Gasteiger charge is -2.24. The van der Waals surface area contributed by atoms with E-state index in [2.05, 4.69) is 4.98 Å². The highest BCUT2D eigenvalue weighted by Gasteiger charge is 2.28. The highest BCUT2D eigenvalue weighted by Crippen LogP contribution is 2.43. The second-order valence-corrected chi connectivity index (χ2v) is 9.38. The molecule has 35 heavy (non-hydrogen) atoms. The number of rotatable bonds is 6. The normalized spacial score (nSPS) is 12.0. The maximum Gasteiger partial charge on any atom is 0.227 e. The van der Waals surface area contributed by atoms with Gasteiger partial charge < -0.3 is 14.6 Å². The number of aliphatic hydroxyl groups excluding tert-OH is 1. The van der Waals surface area contributed by atoms with Crippen molar-refractivity contribution in [3.05, 3.63) is 87.4 Å². The van der Waals surface area contributed by atoms with E-state index in [-0.39, 0.29) is 12.4 Å². The van der Waals surface area contributed by atoms with E-state index in [1.165, 1.54) is 23.9 Å². The Labute approximate surface area is 211 Å². The van der Waals surface area contributed by atoms with E-state index in [1.807, 2.05) is 31.2 Å². The number of halogens is 2. The maximum atomic E-state index is 13.5. The van der Waals surface area contributed by atoms with Crippen LogP contribution in [-0.2, 0) is 18.8 Å². The van der Waals surface area contributed by atoms with Crippen molar-refractivity contribution in [2.24, 2.45) is 0 Å². The van der Waals surface area contributed by atoms with Crippen molar-refractivity contribution in [1.29, 1.82) is 0 Å². The van der Waals surface area contributed by atoms with Crippen LogP contribution in [0.15, 0.2) is 53.7 Å². The highest BCUT2D eigenvalue weighted by molar-refractivity contribution is 7.98. The third kappa shape index (κ3) is 4.69. The summed E-state index contributed by atoms with van der Waals surface area (Å²) in [7, 11) is 1.61. The number of aliphatic hydroxyl groups is 1. The van der Waals surface area contributed by atoms with Crippen LogP contribution in [0.1, 0.15) is 27.9 Å². The number of ether oxygens (including phenoxy) is 2. The molecule has 9 heteroatoms. The number of methoxy groups -OCH3 is 1. The second-order valence-electron chi connectivity index (χ2n) is 8.01. The van der Waals surface area contributed by atoms with Gasteiger partial charge in [0.25, 0.3) is 0 Å². The molecular weight excluding hydrogens is 489 g/mol. The molecule has 0 atom stereocenters. The van der Waals surface area contributed by atoms with Gasteiger partial charge in [-0.05, 0) is 36.8 Å². The molecule has 3 heterocycles. The number of thioether (sulfide) groups is 1. The molecule has 1 N–H and O–H groups in total. The van der Waals surface area contributed by atoms with Gasteiger partial charge in [0.05, 0.1) is 25.0 Å². The molecule has 5 rings (SSSR count). The number of benzene rings is 2. The molecule has 6 nitrogen and oxygen atoms in total. The van der Waals surface area contributed by atoms with Gasteiger partial charge in [0.1, 0.15) is 16.6 Å². The fourth-order valence-electron chi connectivity index (χ4n) is 3.89. The van der Waals surface area contributed by atoms with Gasteiger partial charge in [-0.15, -0.1) is 11.8 Å². The molecule has 0 fully saturated rings. The van der Waals surface area contributed by atoms with E-state index in [9.17, 15) is 9.50 Å². The first kappa shape index (κ1) is 23.5. The topological polar surface area (TPSA) is 77.4 Å². The SMILES string of the molecule is COc1cccc(-c2nc3c(c(SCc4ccc(F)cc4Cl)n2)Cc2c(CO)cnc(C)c2O3)c1. The monoisotopic (exact) mass is 509 g/mol. The zero-order valence-corrected chi connectivity index (χ0v) is 20.6. The fraction of sp³-hybridized carbons (Fsp3) is 0.192. The predicted octanol–water partition coefficient (Wildman–Crippen LogP) is 6.13. The fourth-order valence-corrected chi connectivity index (χ4v) is 5.23. The van der Waals surface area contributed by atoms with Crippen molar-refractivity contribution in [1.82, 2.24) is 15.0 Å². The third-order valence-corrected chi connectivity index (χ3v) is 7.18. The van der Waals surface area contributed by atoms with Crippen LogP contribution in [0.4, 0.5) is 4.39 Å². The van der Waals surface area contributed by atoms with Crippen LogP contribution >= 0.6 is 23.4 Å². The summed E-state index contributed by atoms with van der Waals surface area (Å²) < 4.78 is 25.1. The Morgan fingerprint density at radius 3 is 2.77 bits per heavy atom. The van der Waals surface area contributed by atoms with E-state index in [0.717, 1.165) is 33.0 Å². The summed E-state index contributed by atoms with van der Waals surface area (Å²) >= 11 is 7.74. The van der Waals surface area contributed by atoms with Gasteiger partial charge in [-0.3, -0.25) is 4.98 Å². The number of aromatic nitrogens is 3. The summed E-state index contributed by atoms with van der Waals surface area (Å²) in [5.74, 6) is 2.33. The van der Waals surface area contributed by atoms with Crippen molar-refractivity contribution in [3.8, 4) is 28.8 Å². The van der Waals surface area contributed by atoms with E-state index in [4.69, 9.17) is 31.0 Å². The lowest BCUT2D eigenvalue weighted by atomic mass is 9.99. The molecule has 0 saturated heterocycles. The van der Waals surface area contributed by atoms with E-state index >= 15 is 0 Å². The van der Waals surface area contributed by atoms with E-state index < -0.39 is 0 Å². The molecule has 0 unspecified atom stereocenters. The third-order valence-electron chi connectivity index (χ3n) is 5.77. The van der Waals surface area contributed by atoms with E-state index in [0.29, 0.717) is 46.0 Å². The minimum absolute atomic E-state index is 0.148. The van der Waals surface area contributed by atoms with Crippen molar-refractivity contribution < 1.29 is 19.0 Å². The molecule has 1 aliphatic rings. The predicted molar refractivity (Wildman–Crippen MR) is 133 cm³/mol. The molecule has 0 spiro atoms. The zero-order chi connectivity index (χ0) is 24.5. The van der Waals surface area contributed by atoms with Crippen molar-refractivity contribution >= 4 is 23.4 Å². The summed E-state index contributed by atoms with van der Waals surface area (Å²) in [4.78, 5) is 14.0. The summed E-state index contributed by atoms with van der Waals surface area (Å²) in [5.41, 5.74) is 4.67. The molecule has 2 aromatic heterocycles. The van der Waals surface area contributed by atoms with Gasteiger partial charge in [-0.25, -0.2) is 9.37 Å². The van der Waals surface area contributed by atoms with Crippen LogP contribution in [0, 0.1) is 12.7 Å². The van der Waals surface area contributed by atoms with Crippen LogP contribution in [0.25, 0.3) is 11.4 Å². The van der Waals surface area contributed by atoms with Gasteiger partial charge in [0.2, 0.25) is 5.88 Å². The van der Waals surface area contributed by atoms with Gasteiger partial charge in [-0.1, -0.05) is 29.8 Å². The molecule has 0 bridgehead atoms. The van der Waals surface area contributed by atoms with Crippen molar-refractivity contribution in [3.63, 3.8) is 0 Å². The van der Waals surface area contributed by atoms with Crippen LogP contribution < -0.4 is 9.47 Å². The Bertz CT molecular complexity index is 1430. The van der Waals surface area contributed by atoms with Gasteiger partial charge in [0, 0.05) is 40.1 Å². The summed E-state index contributed by atoms with van der Waals surface area (Å²) in [5, 5.41) is 10.9. The second kappa shape index (κ2) is 9.81. The van der Waals surface area contributed by atoms with Crippen LogP contribution in [0.2, 0.25) is 5.02 Å². The van der Waals surface area contributed by atoms with E-state index in [1.54, 1.807) is 19.4 Å². The first-order valence-corrected chi connectivity index (χ1v) is 12.2. The molecule has 1 aliphatic heterocycles. The lowest BCUT2D eigenvalue weighted by molar-refractivity contribution is 0.278. The first-order chi connectivity index (χ1) is 17.0. The first-order valence-electron chi connectivity index (χ1n) is 10.8. The molecule has 4 aromatic rings. The maximum absolute atomic E-state index is 13.5. The smallest absolute Gasteiger partial charge is 0.227 e. The molecule has 178 valence electrons. The van der Waals surface area contributed by atoms with Crippen LogP contribution in [0.3, 0.4) is 0 Å². The highest BCUT2D eigenvalue weighted by atomic mass is 35.5.